The van der Waals surface area contributed by atoms with E-state index in [1.807, 2.05) is 31.4 Å². The van der Waals surface area contributed by atoms with Gasteiger partial charge in [0, 0.05) is 16.9 Å². The second kappa shape index (κ2) is 5.87. The molecule has 2 rings (SSSR count). The first-order valence-corrected chi connectivity index (χ1v) is 6.97. The molecule has 3 nitrogen and oxygen atoms in total. The smallest absolute Gasteiger partial charge is 0.165 e. The number of hydrogen-bond acceptors (Lipinski definition) is 4. The lowest BCUT2D eigenvalue weighted by Gasteiger charge is -2.05. The van der Waals surface area contributed by atoms with Gasteiger partial charge in [0.05, 0.1) is 11.4 Å². The molecule has 0 saturated carbocycles. The van der Waals surface area contributed by atoms with Crippen molar-refractivity contribution in [3.05, 3.63) is 45.4 Å². The van der Waals surface area contributed by atoms with Gasteiger partial charge >= 0.3 is 0 Å². The van der Waals surface area contributed by atoms with Crippen molar-refractivity contribution in [3.8, 4) is 0 Å². The van der Waals surface area contributed by atoms with Gasteiger partial charge < -0.3 is 0 Å². The third-order valence-corrected chi connectivity index (χ3v) is 3.74. The molecule has 0 radical (unpaired) electrons. The Morgan fingerprint density at radius 3 is 2.89 bits per heavy atom. The van der Waals surface area contributed by atoms with Crippen molar-refractivity contribution < 1.29 is 4.79 Å². The van der Waals surface area contributed by atoms with Gasteiger partial charge in [0.25, 0.3) is 0 Å². The Labute approximate surface area is 111 Å². The average Bonchev–Trinajstić information content (AvgIpc) is 2.89. The summed E-state index contributed by atoms with van der Waals surface area (Å²) in [5, 5.41) is 10.1. The Hall–Kier alpha value is -1.55. The third kappa shape index (κ3) is 3.01. The number of aryl methyl sites for hydroxylation is 3. The highest BCUT2D eigenvalue weighted by Gasteiger charge is 2.13. The fraction of sp³-hybridized carbons (Fsp3) is 0.357. The van der Waals surface area contributed by atoms with Crippen molar-refractivity contribution in [2.24, 2.45) is 0 Å². The van der Waals surface area contributed by atoms with E-state index in [9.17, 15) is 4.79 Å². The number of ketones is 1. The molecule has 94 valence electrons. The van der Waals surface area contributed by atoms with Crippen LogP contribution in [0.15, 0.2) is 23.6 Å². The van der Waals surface area contributed by atoms with E-state index in [0.717, 1.165) is 29.8 Å². The maximum absolute atomic E-state index is 12.2. The first kappa shape index (κ1) is 12.9. The molecule has 0 atom stereocenters. The number of thiophene rings is 1. The predicted molar refractivity (Wildman–Crippen MR) is 73.1 cm³/mol. The van der Waals surface area contributed by atoms with E-state index >= 15 is 0 Å². The second-order valence-corrected chi connectivity index (χ2v) is 5.23. The number of carbonyl (C=O) groups excluding carboxylic acids is 1. The molecule has 0 aliphatic heterocycles. The number of hydrogen-bond donors (Lipinski definition) is 0. The highest BCUT2D eigenvalue weighted by atomic mass is 32.1. The molecule has 18 heavy (non-hydrogen) atoms. The Morgan fingerprint density at radius 2 is 2.22 bits per heavy atom. The number of rotatable bonds is 5. The molecule has 2 aromatic heterocycles. The second-order valence-electron chi connectivity index (χ2n) is 4.20. The van der Waals surface area contributed by atoms with Gasteiger partial charge in [-0.25, -0.2) is 0 Å². The summed E-state index contributed by atoms with van der Waals surface area (Å²) in [5.41, 5.74) is 2.34. The van der Waals surface area contributed by atoms with Crippen molar-refractivity contribution >= 4 is 17.1 Å². The van der Waals surface area contributed by atoms with Crippen LogP contribution in [-0.4, -0.2) is 16.0 Å². The van der Waals surface area contributed by atoms with Crippen LogP contribution in [-0.2, 0) is 12.8 Å². The Kier molecular flexibility index (Phi) is 4.20. The number of nitrogens with zero attached hydrogens (tertiary/aromatic N) is 2. The molecule has 0 N–H and O–H groups in total. The fourth-order valence-electron chi connectivity index (χ4n) is 1.84. The van der Waals surface area contributed by atoms with Gasteiger partial charge in [0.2, 0.25) is 0 Å². The molecule has 2 heterocycles. The molecule has 0 amide bonds. The summed E-state index contributed by atoms with van der Waals surface area (Å²) < 4.78 is 0. The van der Waals surface area contributed by atoms with E-state index in [2.05, 4.69) is 16.3 Å². The van der Waals surface area contributed by atoms with Crippen molar-refractivity contribution in [2.75, 3.05) is 0 Å². The molecule has 0 aliphatic carbocycles. The Bertz CT molecular complexity index is 535. The minimum atomic E-state index is 0.165. The summed E-state index contributed by atoms with van der Waals surface area (Å²) in [6, 6.07) is 5.93. The molecular formula is C14H16N2OS. The van der Waals surface area contributed by atoms with Crippen molar-refractivity contribution in [2.45, 2.75) is 33.1 Å². The highest BCUT2D eigenvalue weighted by Crippen LogP contribution is 2.15. The molecule has 0 aromatic carbocycles. The maximum atomic E-state index is 12.2. The van der Waals surface area contributed by atoms with Crippen molar-refractivity contribution in [3.63, 3.8) is 0 Å². The Balaban J connectivity index is 2.10. The van der Waals surface area contributed by atoms with Crippen LogP contribution in [0.1, 0.15) is 40.0 Å². The molecule has 0 aliphatic rings. The monoisotopic (exact) mass is 260 g/mol. The molecule has 0 fully saturated rings. The van der Waals surface area contributed by atoms with Crippen LogP contribution in [0.3, 0.4) is 0 Å². The largest absolute Gasteiger partial charge is 0.294 e. The van der Waals surface area contributed by atoms with Gasteiger partial charge in [-0.15, -0.1) is 11.3 Å². The van der Waals surface area contributed by atoms with Crippen molar-refractivity contribution in [1.82, 2.24) is 10.2 Å². The van der Waals surface area contributed by atoms with E-state index in [0.29, 0.717) is 6.42 Å². The van der Waals surface area contributed by atoms with Gasteiger partial charge in [0.1, 0.15) is 0 Å². The molecule has 0 spiro atoms. The molecule has 4 heteroatoms. The third-order valence-electron chi connectivity index (χ3n) is 2.81. The first-order valence-electron chi connectivity index (χ1n) is 6.09. The molecule has 0 unspecified atom stereocenters. The quantitative estimate of drug-likeness (QED) is 0.775. The maximum Gasteiger partial charge on any atom is 0.165 e. The highest BCUT2D eigenvalue weighted by molar-refractivity contribution is 7.09. The van der Waals surface area contributed by atoms with Gasteiger partial charge in [-0.2, -0.15) is 10.2 Å². The molecule has 2 aromatic rings. The number of carbonyl (C=O) groups is 1. The summed E-state index contributed by atoms with van der Waals surface area (Å²) in [6.07, 6.45) is 2.09. The van der Waals surface area contributed by atoms with Crippen LogP contribution < -0.4 is 0 Å². The van der Waals surface area contributed by atoms with Crippen molar-refractivity contribution in [1.29, 1.82) is 0 Å². The van der Waals surface area contributed by atoms with Gasteiger partial charge in [-0.3, -0.25) is 4.79 Å². The lowest BCUT2D eigenvalue weighted by atomic mass is 10.0. The zero-order valence-electron chi connectivity index (χ0n) is 10.6. The number of Topliss-reactive ketones (excluding diaryl/α,β-unsaturated/α-hetero) is 1. The van der Waals surface area contributed by atoms with Crippen LogP contribution in [0.2, 0.25) is 0 Å². The van der Waals surface area contributed by atoms with Gasteiger partial charge in [0.15, 0.2) is 5.78 Å². The van der Waals surface area contributed by atoms with Crippen LogP contribution in [0.4, 0.5) is 0 Å². The molecule has 0 bridgehead atoms. The van der Waals surface area contributed by atoms with Crippen LogP contribution in [0.25, 0.3) is 0 Å². The summed E-state index contributed by atoms with van der Waals surface area (Å²) in [4.78, 5) is 13.5. The van der Waals surface area contributed by atoms with Gasteiger partial charge in [-0.05, 0) is 37.3 Å². The fourth-order valence-corrected chi connectivity index (χ4v) is 2.55. The average molecular weight is 260 g/mol. The van der Waals surface area contributed by atoms with E-state index in [1.54, 1.807) is 11.3 Å². The standard InChI is InChI=1S/C14H16N2OS/c1-3-13-12(9-10(2)15-16-13)14(17)7-6-11-5-4-8-18-11/h4-5,8-9H,3,6-7H2,1-2H3. The lowest BCUT2D eigenvalue weighted by Crippen LogP contribution is -2.08. The summed E-state index contributed by atoms with van der Waals surface area (Å²) in [6.45, 7) is 3.86. The van der Waals surface area contributed by atoms with E-state index < -0.39 is 0 Å². The lowest BCUT2D eigenvalue weighted by molar-refractivity contribution is 0.0981. The van der Waals surface area contributed by atoms with Gasteiger partial charge in [-0.1, -0.05) is 13.0 Å². The van der Waals surface area contributed by atoms with E-state index in [1.165, 1.54) is 4.88 Å². The van der Waals surface area contributed by atoms with E-state index in [-0.39, 0.29) is 5.78 Å². The predicted octanol–water partition coefficient (Wildman–Crippen LogP) is 3.22. The van der Waals surface area contributed by atoms with Crippen LogP contribution in [0, 0.1) is 6.92 Å². The molecule has 0 saturated heterocycles. The summed E-state index contributed by atoms with van der Waals surface area (Å²) >= 11 is 1.69. The topological polar surface area (TPSA) is 42.9 Å². The Morgan fingerprint density at radius 1 is 1.39 bits per heavy atom. The van der Waals surface area contributed by atoms with Crippen LogP contribution in [0.5, 0.6) is 0 Å². The number of aromatic nitrogens is 2. The summed E-state index contributed by atoms with van der Waals surface area (Å²) in [5.74, 6) is 0.165. The first-order chi connectivity index (χ1) is 8.70. The SMILES string of the molecule is CCc1nnc(C)cc1C(=O)CCc1cccs1. The normalized spacial score (nSPS) is 10.6. The minimum Gasteiger partial charge on any atom is -0.294 e. The van der Waals surface area contributed by atoms with E-state index in [4.69, 9.17) is 0 Å². The zero-order valence-corrected chi connectivity index (χ0v) is 11.5. The zero-order chi connectivity index (χ0) is 13.0. The summed E-state index contributed by atoms with van der Waals surface area (Å²) in [7, 11) is 0. The van der Waals surface area contributed by atoms with Crippen LogP contribution >= 0.6 is 11.3 Å². The minimum absolute atomic E-state index is 0.165. The molecular weight excluding hydrogens is 244 g/mol.